The summed E-state index contributed by atoms with van der Waals surface area (Å²) in [6.45, 7) is 0.796. The number of hydrogen-bond donors (Lipinski definition) is 1. The summed E-state index contributed by atoms with van der Waals surface area (Å²) in [5.74, 6) is 0. The van der Waals surface area contributed by atoms with E-state index in [1.54, 1.807) is 17.5 Å². The number of nitrogens with zero attached hydrogens (tertiary/aromatic N) is 2. The van der Waals surface area contributed by atoms with Gasteiger partial charge in [0.25, 0.3) is 0 Å². The van der Waals surface area contributed by atoms with Gasteiger partial charge in [-0.3, -0.25) is 4.98 Å². The maximum absolute atomic E-state index is 4.74. The second-order valence-corrected chi connectivity index (χ2v) is 4.86. The average molecular weight is 255 g/mol. The Balaban J connectivity index is 2.24. The van der Waals surface area contributed by atoms with Crippen LogP contribution in [-0.2, 0) is 6.54 Å². The van der Waals surface area contributed by atoms with Crippen molar-refractivity contribution in [3.05, 3.63) is 46.8 Å². The number of rotatable bonds is 3. The van der Waals surface area contributed by atoms with E-state index in [2.05, 4.69) is 33.2 Å². The van der Waals surface area contributed by atoms with E-state index < -0.39 is 0 Å². The van der Waals surface area contributed by atoms with Gasteiger partial charge in [0, 0.05) is 23.7 Å². The summed E-state index contributed by atoms with van der Waals surface area (Å²) in [6.07, 6.45) is 1.80. The number of aromatic nitrogens is 2. The maximum Gasteiger partial charge on any atom is 0.0894 e. The lowest BCUT2D eigenvalue weighted by molar-refractivity contribution is 0.817. The Morgan fingerprint density at radius 3 is 3.00 bits per heavy atom. The molecule has 3 heterocycles. The highest BCUT2D eigenvalue weighted by Gasteiger charge is 2.09. The Bertz CT molecular complexity index is 662. The highest BCUT2D eigenvalue weighted by Crippen LogP contribution is 2.26. The largest absolute Gasteiger partial charge is 0.316 e. The van der Waals surface area contributed by atoms with Crippen LogP contribution in [0.4, 0.5) is 0 Å². The van der Waals surface area contributed by atoms with Crippen LogP contribution >= 0.6 is 11.3 Å². The number of pyridine rings is 2. The summed E-state index contributed by atoms with van der Waals surface area (Å²) in [6, 6.07) is 8.14. The predicted molar refractivity (Wildman–Crippen MR) is 75.6 cm³/mol. The Morgan fingerprint density at radius 2 is 2.22 bits per heavy atom. The average Bonchev–Trinajstić information content (AvgIpc) is 2.92. The van der Waals surface area contributed by atoms with Crippen LogP contribution in [0.15, 0.2) is 41.2 Å². The minimum atomic E-state index is 0.796. The molecule has 0 aliphatic carbocycles. The van der Waals surface area contributed by atoms with Crippen molar-refractivity contribution in [2.75, 3.05) is 7.05 Å². The minimum absolute atomic E-state index is 0.796. The van der Waals surface area contributed by atoms with E-state index in [4.69, 9.17) is 4.98 Å². The standard InChI is InChI=1S/C14H13N3S/c1-15-8-11-7-13-12(3-2-5-16-13)17-14(11)10-4-6-18-9-10/h2-7,9,15H,8H2,1H3. The number of fused-ring (bicyclic) bond motifs is 1. The molecule has 0 saturated carbocycles. The van der Waals surface area contributed by atoms with Crippen LogP contribution in [0.2, 0.25) is 0 Å². The zero-order valence-corrected chi connectivity index (χ0v) is 10.9. The van der Waals surface area contributed by atoms with Gasteiger partial charge in [-0.1, -0.05) is 0 Å². The Morgan fingerprint density at radius 1 is 1.28 bits per heavy atom. The van der Waals surface area contributed by atoms with E-state index in [0.717, 1.165) is 23.3 Å². The van der Waals surface area contributed by atoms with Gasteiger partial charge in [-0.05, 0) is 42.3 Å². The molecule has 3 rings (SSSR count). The molecule has 3 aromatic rings. The molecule has 0 aliphatic heterocycles. The highest BCUT2D eigenvalue weighted by atomic mass is 32.1. The van der Waals surface area contributed by atoms with Crippen LogP contribution < -0.4 is 5.32 Å². The molecule has 18 heavy (non-hydrogen) atoms. The summed E-state index contributed by atoms with van der Waals surface area (Å²) in [5, 5.41) is 7.39. The fraction of sp³-hybridized carbons (Fsp3) is 0.143. The SMILES string of the molecule is CNCc1cc2ncccc2nc1-c1ccsc1. The summed E-state index contributed by atoms with van der Waals surface area (Å²) in [7, 11) is 1.94. The molecule has 4 heteroatoms. The van der Waals surface area contributed by atoms with Gasteiger partial charge in [0.1, 0.15) is 0 Å². The van der Waals surface area contributed by atoms with Gasteiger partial charge in [-0.2, -0.15) is 11.3 Å². The predicted octanol–water partition coefficient (Wildman–Crippen LogP) is 3.08. The molecule has 3 nitrogen and oxygen atoms in total. The van der Waals surface area contributed by atoms with Crippen LogP contribution in [0.3, 0.4) is 0 Å². The van der Waals surface area contributed by atoms with E-state index >= 15 is 0 Å². The number of thiophene rings is 1. The zero-order valence-electron chi connectivity index (χ0n) is 10.1. The van der Waals surface area contributed by atoms with Crippen molar-refractivity contribution in [3.63, 3.8) is 0 Å². The van der Waals surface area contributed by atoms with Gasteiger partial charge in [-0.25, -0.2) is 4.98 Å². The molecule has 0 spiro atoms. The lowest BCUT2D eigenvalue weighted by Crippen LogP contribution is -2.07. The third-order valence-corrected chi connectivity index (χ3v) is 3.51. The second-order valence-electron chi connectivity index (χ2n) is 4.08. The van der Waals surface area contributed by atoms with Gasteiger partial charge in [-0.15, -0.1) is 0 Å². The van der Waals surface area contributed by atoms with Crippen LogP contribution in [-0.4, -0.2) is 17.0 Å². The molecule has 0 bridgehead atoms. The first-order valence-electron chi connectivity index (χ1n) is 5.80. The third-order valence-electron chi connectivity index (χ3n) is 2.83. The van der Waals surface area contributed by atoms with Crippen molar-refractivity contribution >= 4 is 22.4 Å². The van der Waals surface area contributed by atoms with Gasteiger partial charge in [0.05, 0.1) is 16.7 Å². The second kappa shape index (κ2) is 4.84. The summed E-state index contributed by atoms with van der Waals surface area (Å²) in [5.41, 5.74) is 5.30. The molecule has 0 radical (unpaired) electrons. The molecule has 0 unspecified atom stereocenters. The molecule has 1 N–H and O–H groups in total. The van der Waals surface area contributed by atoms with Crippen molar-refractivity contribution in [3.8, 4) is 11.3 Å². The first-order valence-corrected chi connectivity index (χ1v) is 6.74. The van der Waals surface area contributed by atoms with Crippen molar-refractivity contribution in [2.24, 2.45) is 0 Å². The molecule has 3 aromatic heterocycles. The summed E-state index contributed by atoms with van der Waals surface area (Å²) < 4.78 is 0. The van der Waals surface area contributed by atoms with Gasteiger partial charge >= 0.3 is 0 Å². The van der Waals surface area contributed by atoms with Crippen molar-refractivity contribution in [1.29, 1.82) is 0 Å². The summed E-state index contributed by atoms with van der Waals surface area (Å²) in [4.78, 5) is 9.10. The van der Waals surface area contributed by atoms with Crippen molar-refractivity contribution in [1.82, 2.24) is 15.3 Å². The molecule has 0 saturated heterocycles. The van der Waals surface area contributed by atoms with Crippen LogP contribution in [0.1, 0.15) is 5.56 Å². The van der Waals surface area contributed by atoms with Crippen LogP contribution in [0.5, 0.6) is 0 Å². The fourth-order valence-corrected chi connectivity index (χ4v) is 2.66. The topological polar surface area (TPSA) is 37.8 Å². The quantitative estimate of drug-likeness (QED) is 0.781. The first-order chi connectivity index (χ1) is 8.88. The molecule has 0 atom stereocenters. The number of hydrogen-bond acceptors (Lipinski definition) is 4. The van der Waals surface area contributed by atoms with E-state index in [0.29, 0.717) is 0 Å². The smallest absolute Gasteiger partial charge is 0.0894 e. The Labute approximate surface area is 110 Å². The van der Waals surface area contributed by atoms with Crippen molar-refractivity contribution in [2.45, 2.75) is 6.54 Å². The van der Waals surface area contributed by atoms with E-state index in [1.807, 2.05) is 19.2 Å². The Kier molecular flexibility index (Phi) is 3.04. The monoisotopic (exact) mass is 255 g/mol. The highest BCUT2D eigenvalue weighted by molar-refractivity contribution is 7.08. The van der Waals surface area contributed by atoms with E-state index in [9.17, 15) is 0 Å². The Hall–Kier alpha value is -1.78. The lowest BCUT2D eigenvalue weighted by atomic mass is 10.1. The fourth-order valence-electron chi connectivity index (χ4n) is 2.01. The van der Waals surface area contributed by atoms with E-state index in [1.165, 1.54) is 11.1 Å². The van der Waals surface area contributed by atoms with Gasteiger partial charge in [0.2, 0.25) is 0 Å². The van der Waals surface area contributed by atoms with Gasteiger partial charge in [0.15, 0.2) is 0 Å². The number of nitrogens with one attached hydrogen (secondary N) is 1. The van der Waals surface area contributed by atoms with Gasteiger partial charge < -0.3 is 5.32 Å². The third kappa shape index (κ3) is 2.00. The molecular weight excluding hydrogens is 242 g/mol. The molecule has 90 valence electrons. The normalized spacial score (nSPS) is 10.9. The molecule has 0 aromatic carbocycles. The minimum Gasteiger partial charge on any atom is -0.316 e. The molecular formula is C14H13N3S. The van der Waals surface area contributed by atoms with Crippen LogP contribution in [0.25, 0.3) is 22.3 Å². The first kappa shape index (κ1) is 11.3. The summed E-state index contributed by atoms with van der Waals surface area (Å²) >= 11 is 1.69. The van der Waals surface area contributed by atoms with Crippen LogP contribution in [0, 0.1) is 0 Å². The molecule has 0 fully saturated rings. The molecule has 0 amide bonds. The maximum atomic E-state index is 4.74. The molecule has 0 aliphatic rings. The van der Waals surface area contributed by atoms with Crippen molar-refractivity contribution < 1.29 is 0 Å². The zero-order chi connectivity index (χ0) is 12.4. The van der Waals surface area contributed by atoms with E-state index in [-0.39, 0.29) is 0 Å². The lowest BCUT2D eigenvalue weighted by Gasteiger charge is -2.08.